The van der Waals surface area contributed by atoms with Gasteiger partial charge in [-0.05, 0) is 30.2 Å². The van der Waals surface area contributed by atoms with Gasteiger partial charge in [0.1, 0.15) is 5.82 Å². The Morgan fingerprint density at radius 3 is 2.48 bits per heavy atom. The van der Waals surface area contributed by atoms with E-state index in [0.717, 1.165) is 11.6 Å². The lowest BCUT2D eigenvalue weighted by molar-refractivity contribution is 0.0692. The molecule has 2 aromatic rings. The predicted octanol–water partition coefficient (Wildman–Crippen LogP) is 2.54. The number of carboxylic acid groups (broad SMARTS) is 1. The van der Waals surface area contributed by atoms with Crippen molar-refractivity contribution in [3.63, 3.8) is 0 Å². The Labute approximate surface area is 121 Å². The van der Waals surface area contributed by atoms with E-state index in [9.17, 15) is 14.3 Å². The van der Waals surface area contributed by atoms with Gasteiger partial charge in [-0.25, -0.2) is 9.18 Å². The van der Waals surface area contributed by atoms with E-state index in [1.807, 2.05) is 30.3 Å². The van der Waals surface area contributed by atoms with Gasteiger partial charge >= 0.3 is 5.97 Å². The van der Waals surface area contributed by atoms with E-state index in [-0.39, 0.29) is 18.2 Å². The van der Waals surface area contributed by atoms with Crippen molar-refractivity contribution in [1.29, 1.82) is 0 Å². The normalized spacial score (nSPS) is 11.9. The number of hydrogen-bond donors (Lipinski definition) is 3. The number of carbonyl (C=O) groups is 1. The van der Waals surface area contributed by atoms with Crippen LogP contribution in [0.25, 0.3) is 0 Å². The summed E-state index contributed by atoms with van der Waals surface area (Å²) >= 11 is 0. The Hall–Kier alpha value is -2.40. The number of halogens is 1. The molecule has 3 N–H and O–H groups in total. The van der Waals surface area contributed by atoms with Gasteiger partial charge in [-0.1, -0.05) is 30.3 Å². The molecule has 0 aliphatic rings. The van der Waals surface area contributed by atoms with Crippen molar-refractivity contribution in [2.24, 2.45) is 0 Å². The number of hydrogen-bond acceptors (Lipinski definition) is 3. The average molecular weight is 289 g/mol. The van der Waals surface area contributed by atoms with Crippen LogP contribution in [0.2, 0.25) is 0 Å². The van der Waals surface area contributed by atoms with Crippen LogP contribution in [0.5, 0.6) is 0 Å². The molecular formula is C16H16FNO3. The molecule has 2 aromatic carbocycles. The summed E-state index contributed by atoms with van der Waals surface area (Å²) in [6, 6.07) is 13.1. The molecule has 1 unspecified atom stereocenters. The standard InChI is InChI=1S/C16H16FNO3/c17-15-9-12(6-7-14(15)16(20)21)18-13(10-19)8-11-4-2-1-3-5-11/h1-7,9,13,18-19H,8,10H2,(H,20,21). The fourth-order valence-electron chi connectivity index (χ4n) is 2.07. The second-order valence-corrected chi connectivity index (χ2v) is 4.71. The van der Waals surface area contributed by atoms with Crippen molar-refractivity contribution in [2.75, 3.05) is 11.9 Å². The zero-order valence-corrected chi connectivity index (χ0v) is 11.3. The smallest absolute Gasteiger partial charge is 0.338 e. The molecule has 110 valence electrons. The van der Waals surface area contributed by atoms with Crippen molar-refractivity contribution in [3.8, 4) is 0 Å². The van der Waals surface area contributed by atoms with Crippen molar-refractivity contribution in [3.05, 3.63) is 65.5 Å². The van der Waals surface area contributed by atoms with Crippen molar-refractivity contribution < 1.29 is 19.4 Å². The van der Waals surface area contributed by atoms with E-state index >= 15 is 0 Å². The number of nitrogens with one attached hydrogen (secondary N) is 1. The van der Waals surface area contributed by atoms with Gasteiger partial charge in [0.25, 0.3) is 0 Å². The molecule has 21 heavy (non-hydrogen) atoms. The maximum atomic E-state index is 13.6. The number of anilines is 1. The van der Waals surface area contributed by atoms with E-state index < -0.39 is 11.8 Å². The Morgan fingerprint density at radius 1 is 1.19 bits per heavy atom. The third kappa shape index (κ3) is 4.03. The van der Waals surface area contributed by atoms with E-state index in [0.29, 0.717) is 12.1 Å². The summed E-state index contributed by atoms with van der Waals surface area (Å²) in [7, 11) is 0. The molecule has 0 amide bonds. The number of aromatic carboxylic acids is 1. The third-order valence-electron chi connectivity index (χ3n) is 3.12. The highest BCUT2D eigenvalue weighted by molar-refractivity contribution is 5.88. The van der Waals surface area contributed by atoms with Crippen molar-refractivity contribution >= 4 is 11.7 Å². The van der Waals surface area contributed by atoms with Crippen LogP contribution in [-0.4, -0.2) is 28.8 Å². The van der Waals surface area contributed by atoms with Crippen LogP contribution < -0.4 is 5.32 Å². The molecule has 0 aliphatic heterocycles. The molecule has 2 rings (SSSR count). The topological polar surface area (TPSA) is 69.6 Å². The number of aliphatic hydroxyl groups is 1. The van der Waals surface area contributed by atoms with Crippen LogP contribution >= 0.6 is 0 Å². The van der Waals surface area contributed by atoms with E-state index in [1.54, 1.807) is 0 Å². The highest BCUT2D eigenvalue weighted by atomic mass is 19.1. The molecule has 0 radical (unpaired) electrons. The van der Waals surface area contributed by atoms with E-state index in [1.165, 1.54) is 12.1 Å². The van der Waals surface area contributed by atoms with Gasteiger partial charge in [0.15, 0.2) is 0 Å². The van der Waals surface area contributed by atoms with Gasteiger partial charge in [0.2, 0.25) is 0 Å². The lowest BCUT2D eigenvalue weighted by Crippen LogP contribution is -2.26. The van der Waals surface area contributed by atoms with Gasteiger partial charge in [-0.15, -0.1) is 0 Å². The van der Waals surface area contributed by atoms with Gasteiger partial charge in [-0.3, -0.25) is 0 Å². The molecule has 0 fully saturated rings. The first kappa shape index (κ1) is 15.0. The Bertz CT molecular complexity index is 616. The van der Waals surface area contributed by atoms with Gasteiger partial charge in [-0.2, -0.15) is 0 Å². The first-order valence-electron chi connectivity index (χ1n) is 6.54. The predicted molar refractivity (Wildman–Crippen MR) is 78.0 cm³/mol. The molecule has 0 spiro atoms. The highest BCUT2D eigenvalue weighted by Gasteiger charge is 2.13. The second kappa shape index (κ2) is 6.85. The summed E-state index contributed by atoms with van der Waals surface area (Å²) in [5, 5.41) is 21.2. The quantitative estimate of drug-likeness (QED) is 0.764. The molecule has 4 nitrogen and oxygen atoms in total. The summed E-state index contributed by atoms with van der Waals surface area (Å²) in [5.74, 6) is -2.11. The number of aliphatic hydroxyl groups excluding tert-OH is 1. The minimum atomic E-state index is -1.30. The maximum absolute atomic E-state index is 13.6. The SMILES string of the molecule is O=C(O)c1ccc(NC(CO)Cc2ccccc2)cc1F. The Morgan fingerprint density at radius 2 is 1.90 bits per heavy atom. The Kier molecular flexibility index (Phi) is 4.90. The zero-order valence-electron chi connectivity index (χ0n) is 11.3. The molecule has 5 heteroatoms. The number of carboxylic acids is 1. The molecule has 0 saturated heterocycles. The van der Waals surface area contributed by atoms with Crippen LogP contribution in [-0.2, 0) is 6.42 Å². The van der Waals surface area contributed by atoms with Crippen molar-refractivity contribution in [2.45, 2.75) is 12.5 Å². The molecule has 0 aliphatic carbocycles. The highest BCUT2D eigenvalue weighted by Crippen LogP contribution is 2.16. The molecule has 0 saturated carbocycles. The van der Waals surface area contributed by atoms with Gasteiger partial charge in [0.05, 0.1) is 18.2 Å². The van der Waals surface area contributed by atoms with E-state index in [2.05, 4.69) is 5.32 Å². The van der Waals surface area contributed by atoms with Gasteiger partial charge < -0.3 is 15.5 Å². The minimum Gasteiger partial charge on any atom is -0.478 e. The monoisotopic (exact) mass is 289 g/mol. The molecule has 0 heterocycles. The fourth-order valence-corrected chi connectivity index (χ4v) is 2.07. The number of benzene rings is 2. The van der Waals surface area contributed by atoms with Gasteiger partial charge in [0, 0.05) is 5.69 Å². The first-order valence-corrected chi connectivity index (χ1v) is 6.54. The minimum absolute atomic E-state index is 0.114. The summed E-state index contributed by atoms with van der Waals surface area (Å²) in [6.07, 6.45) is 0.583. The average Bonchev–Trinajstić information content (AvgIpc) is 2.47. The summed E-state index contributed by atoms with van der Waals surface area (Å²) < 4.78 is 13.6. The van der Waals surface area contributed by atoms with Crippen LogP contribution in [0.3, 0.4) is 0 Å². The van der Waals surface area contributed by atoms with Crippen LogP contribution in [0.1, 0.15) is 15.9 Å². The molecular weight excluding hydrogens is 273 g/mol. The number of rotatable bonds is 6. The summed E-state index contributed by atoms with van der Waals surface area (Å²) in [4.78, 5) is 10.8. The molecule has 1 atom stereocenters. The largest absolute Gasteiger partial charge is 0.478 e. The lowest BCUT2D eigenvalue weighted by atomic mass is 10.1. The summed E-state index contributed by atoms with van der Waals surface area (Å²) in [6.45, 7) is -0.114. The van der Waals surface area contributed by atoms with Crippen LogP contribution in [0.4, 0.5) is 10.1 Å². The fraction of sp³-hybridized carbons (Fsp3) is 0.188. The first-order chi connectivity index (χ1) is 10.1. The molecule has 0 bridgehead atoms. The summed E-state index contributed by atoms with van der Waals surface area (Å²) in [5.41, 5.74) is 1.11. The zero-order chi connectivity index (χ0) is 15.2. The van der Waals surface area contributed by atoms with E-state index in [4.69, 9.17) is 5.11 Å². The Balaban J connectivity index is 2.08. The second-order valence-electron chi connectivity index (χ2n) is 4.71. The van der Waals surface area contributed by atoms with Crippen LogP contribution in [0, 0.1) is 5.82 Å². The molecule has 0 aromatic heterocycles. The van der Waals surface area contributed by atoms with Crippen LogP contribution in [0.15, 0.2) is 48.5 Å². The van der Waals surface area contributed by atoms with Crippen molar-refractivity contribution in [1.82, 2.24) is 0 Å². The third-order valence-corrected chi connectivity index (χ3v) is 3.12. The maximum Gasteiger partial charge on any atom is 0.338 e. The lowest BCUT2D eigenvalue weighted by Gasteiger charge is -2.18.